The van der Waals surface area contributed by atoms with Gasteiger partial charge in [-0.2, -0.15) is 5.26 Å². The predicted molar refractivity (Wildman–Crippen MR) is 65.4 cm³/mol. The first kappa shape index (κ1) is 11.7. The zero-order valence-electron chi connectivity index (χ0n) is 9.60. The van der Waals surface area contributed by atoms with Crippen LogP contribution in [0.2, 0.25) is 0 Å². The number of methoxy groups -OCH3 is 1. The largest absolute Gasteiger partial charge is 0.465 e. The van der Waals surface area contributed by atoms with E-state index in [2.05, 4.69) is 20.0 Å². The monoisotopic (exact) mass is 242 g/mol. The first-order valence-corrected chi connectivity index (χ1v) is 5.13. The Morgan fingerprint density at radius 2 is 2.44 bits per heavy atom. The number of fused-ring (bicyclic) bond motifs is 1. The molecule has 1 aromatic carbocycles. The molecule has 90 valence electrons. The molecule has 2 rings (SSSR count). The SMILES string of the molecule is COC(=O)/C(C#N)=C/Nc1cccc2[nH]cnc12. The van der Waals surface area contributed by atoms with Crippen LogP contribution >= 0.6 is 0 Å². The molecule has 0 bridgehead atoms. The van der Waals surface area contributed by atoms with Crippen LogP contribution in [0.5, 0.6) is 0 Å². The van der Waals surface area contributed by atoms with Crippen molar-refractivity contribution in [2.45, 2.75) is 0 Å². The maximum absolute atomic E-state index is 11.2. The number of hydrogen-bond acceptors (Lipinski definition) is 5. The average Bonchev–Trinajstić information content (AvgIpc) is 2.88. The van der Waals surface area contributed by atoms with Gasteiger partial charge in [-0.1, -0.05) is 6.07 Å². The number of H-pyrrole nitrogens is 1. The van der Waals surface area contributed by atoms with E-state index >= 15 is 0 Å². The van der Waals surface area contributed by atoms with Gasteiger partial charge in [0, 0.05) is 6.20 Å². The van der Waals surface area contributed by atoms with E-state index in [9.17, 15) is 4.79 Å². The minimum Gasteiger partial charge on any atom is -0.465 e. The van der Waals surface area contributed by atoms with E-state index in [0.717, 1.165) is 11.0 Å². The summed E-state index contributed by atoms with van der Waals surface area (Å²) >= 11 is 0. The Labute approximate surface area is 103 Å². The van der Waals surface area contributed by atoms with Crippen LogP contribution in [-0.2, 0) is 9.53 Å². The van der Waals surface area contributed by atoms with Gasteiger partial charge in [0.2, 0.25) is 0 Å². The fourth-order valence-corrected chi connectivity index (χ4v) is 1.48. The van der Waals surface area contributed by atoms with Gasteiger partial charge in [-0.25, -0.2) is 9.78 Å². The molecule has 0 aliphatic carbocycles. The van der Waals surface area contributed by atoms with Gasteiger partial charge in [0.15, 0.2) is 5.57 Å². The van der Waals surface area contributed by atoms with Gasteiger partial charge in [0.1, 0.15) is 11.6 Å². The Kier molecular flexibility index (Phi) is 3.25. The molecule has 0 aliphatic heterocycles. The minimum absolute atomic E-state index is 0.106. The Morgan fingerprint density at radius 1 is 1.61 bits per heavy atom. The summed E-state index contributed by atoms with van der Waals surface area (Å²) in [6.07, 6.45) is 2.88. The lowest BCUT2D eigenvalue weighted by Crippen LogP contribution is -2.05. The van der Waals surface area contributed by atoms with Crippen molar-refractivity contribution in [2.24, 2.45) is 0 Å². The number of esters is 1. The number of carbonyl (C=O) groups excluding carboxylic acids is 1. The van der Waals surface area contributed by atoms with Crippen LogP contribution in [0.4, 0.5) is 5.69 Å². The molecular formula is C12H10N4O2. The highest BCUT2D eigenvalue weighted by Crippen LogP contribution is 2.19. The third-order valence-corrected chi connectivity index (χ3v) is 2.35. The third kappa shape index (κ3) is 2.15. The maximum atomic E-state index is 11.2. The summed E-state index contributed by atoms with van der Waals surface area (Å²) in [5.41, 5.74) is 2.19. The summed E-state index contributed by atoms with van der Waals surface area (Å²) in [6, 6.07) is 7.27. The van der Waals surface area contributed by atoms with E-state index in [1.807, 2.05) is 12.1 Å². The smallest absolute Gasteiger partial charge is 0.350 e. The topological polar surface area (TPSA) is 90.8 Å². The number of nitrogens with one attached hydrogen (secondary N) is 2. The standard InChI is InChI=1S/C12H10N4O2/c1-18-12(17)8(5-13)6-14-9-3-2-4-10-11(9)16-7-15-10/h2-4,6-7,14H,1H3,(H,15,16)/b8-6+. The number of aromatic amines is 1. The minimum atomic E-state index is -0.681. The first-order valence-electron chi connectivity index (χ1n) is 5.13. The van der Waals surface area contributed by atoms with Crippen molar-refractivity contribution in [3.63, 3.8) is 0 Å². The fourth-order valence-electron chi connectivity index (χ4n) is 1.48. The number of hydrogen-bond donors (Lipinski definition) is 2. The highest BCUT2D eigenvalue weighted by Gasteiger charge is 2.08. The molecule has 0 fully saturated rings. The van der Waals surface area contributed by atoms with Crippen molar-refractivity contribution in [3.8, 4) is 6.07 Å². The predicted octanol–water partition coefficient (Wildman–Crippen LogP) is 1.56. The van der Waals surface area contributed by atoms with Gasteiger partial charge >= 0.3 is 5.97 Å². The van der Waals surface area contributed by atoms with Gasteiger partial charge < -0.3 is 15.0 Å². The molecule has 6 nitrogen and oxygen atoms in total. The van der Waals surface area contributed by atoms with Crippen LogP contribution in [0.25, 0.3) is 11.0 Å². The van der Waals surface area contributed by atoms with Gasteiger partial charge in [0.05, 0.1) is 24.6 Å². The zero-order valence-corrected chi connectivity index (χ0v) is 9.60. The van der Waals surface area contributed by atoms with E-state index in [4.69, 9.17) is 5.26 Å². The second-order valence-electron chi connectivity index (χ2n) is 3.41. The lowest BCUT2D eigenvalue weighted by molar-refractivity contribution is -0.135. The molecule has 0 amide bonds. The maximum Gasteiger partial charge on any atom is 0.350 e. The third-order valence-electron chi connectivity index (χ3n) is 2.35. The molecule has 0 unspecified atom stereocenters. The molecule has 0 aliphatic rings. The number of ether oxygens (including phenoxy) is 1. The van der Waals surface area contributed by atoms with Gasteiger partial charge in [-0.05, 0) is 12.1 Å². The normalized spacial score (nSPS) is 11.0. The Morgan fingerprint density at radius 3 is 3.17 bits per heavy atom. The van der Waals surface area contributed by atoms with E-state index in [1.165, 1.54) is 13.3 Å². The number of carbonyl (C=O) groups is 1. The lowest BCUT2D eigenvalue weighted by atomic mass is 10.2. The van der Waals surface area contributed by atoms with Crippen LogP contribution in [0, 0.1) is 11.3 Å². The molecular weight excluding hydrogens is 232 g/mol. The van der Waals surface area contributed by atoms with Crippen LogP contribution in [0.1, 0.15) is 0 Å². The van der Waals surface area contributed by atoms with Crippen molar-refractivity contribution in [1.29, 1.82) is 5.26 Å². The molecule has 2 aromatic rings. The second-order valence-corrected chi connectivity index (χ2v) is 3.41. The van der Waals surface area contributed by atoms with Crippen LogP contribution in [-0.4, -0.2) is 23.0 Å². The number of nitriles is 1. The molecule has 0 saturated carbocycles. The summed E-state index contributed by atoms with van der Waals surface area (Å²) in [5.74, 6) is -0.681. The molecule has 0 radical (unpaired) electrons. The first-order chi connectivity index (χ1) is 8.76. The number of nitrogens with zero attached hydrogens (tertiary/aromatic N) is 2. The number of benzene rings is 1. The van der Waals surface area contributed by atoms with Gasteiger partial charge in [0.25, 0.3) is 0 Å². The Hall–Kier alpha value is -2.81. The molecule has 2 N–H and O–H groups in total. The summed E-state index contributed by atoms with van der Waals surface area (Å²) in [6.45, 7) is 0. The van der Waals surface area contributed by atoms with Crippen molar-refractivity contribution >= 4 is 22.7 Å². The number of imidazole rings is 1. The Balaban J connectivity index is 2.29. The fraction of sp³-hybridized carbons (Fsp3) is 0.0833. The van der Waals surface area contributed by atoms with Crippen molar-refractivity contribution < 1.29 is 9.53 Å². The highest BCUT2D eigenvalue weighted by atomic mass is 16.5. The van der Waals surface area contributed by atoms with Crippen molar-refractivity contribution in [1.82, 2.24) is 9.97 Å². The highest BCUT2D eigenvalue weighted by molar-refractivity contribution is 5.94. The number of anilines is 1. The van der Waals surface area contributed by atoms with E-state index in [0.29, 0.717) is 5.69 Å². The van der Waals surface area contributed by atoms with Crippen LogP contribution < -0.4 is 5.32 Å². The van der Waals surface area contributed by atoms with Crippen LogP contribution in [0.15, 0.2) is 36.3 Å². The molecule has 0 atom stereocenters. The average molecular weight is 242 g/mol. The Bertz CT molecular complexity index is 651. The second kappa shape index (κ2) is 5.01. The molecule has 0 saturated heterocycles. The van der Waals surface area contributed by atoms with Crippen molar-refractivity contribution in [3.05, 3.63) is 36.3 Å². The lowest BCUT2D eigenvalue weighted by Gasteiger charge is -2.02. The summed E-state index contributed by atoms with van der Waals surface area (Å²) in [4.78, 5) is 18.3. The van der Waals surface area contributed by atoms with Crippen LogP contribution in [0.3, 0.4) is 0 Å². The van der Waals surface area contributed by atoms with E-state index in [-0.39, 0.29) is 5.57 Å². The van der Waals surface area contributed by atoms with E-state index < -0.39 is 5.97 Å². The summed E-state index contributed by atoms with van der Waals surface area (Å²) in [7, 11) is 1.22. The summed E-state index contributed by atoms with van der Waals surface area (Å²) < 4.78 is 4.47. The quantitative estimate of drug-likeness (QED) is 0.484. The van der Waals surface area contributed by atoms with Crippen molar-refractivity contribution in [2.75, 3.05) is 12.4 Å². The number of para-hydroxylation sites is 1. The molecule has 6 heteroatoms. The van der Waals surface area contributed by atoms with Gasteiger partial charge in [-0.3, -0.25) is 0 Å². The number of aromatic nitrogens is 2. The summed E-state index contributed by atoms with van der Waals surface area (Å²) in [5, 5.41) is 11.7. The number of rotatable bonds is 3. The van der Waals surface area contributed by atoms with E-state index in [1.54, 1.807) is 18.5 Å². The molecule has 0 spiro atoms. The molecule has 1 aromatic heterocycles. The molecule has 1 heterocycles. The van der Waals surface area contributed by atoms with Gasteiger partial charge in [-0.15, -0.1) is 0 Å². The zero-order chi connectivity index (χ0) is 13.0. The molecule has 18 heavy (non-hydrogen) atoms.